The van der Waals surface area contributed by atoms with Gasteiger partial charge in [0, 0.05) is 17.6 Å². The Morgan fingerprint density at radius 3 is 2.55 bits per heavy atom. The number of rotatable bonds is 7. The molecule has 20 heavy (non-hydrogen) atoms. The fraction of sp³-hybridized carbons (Fsp3) is 0.429. The van der Waals surface area contributed by atoms with E-state index in [4.69, 9.17) is 11.6 Å². The molecule has 0 aromatic heterocycles. The molecule has 1 unspecified atom stereocenters. The highest BCUT2D eigenvalue weighted by Gasteiger charge is 2.08. The first-order valence-corrected chi connectivity index (χ1v) is 6.73. The summed E-state index contributed by atoms with van der Waals surface area (Å²) in [7, 11) is 1.32. The zero-order valence-corrected chi connectivity index (χ0v) is 12.4. The van der Waals surface area contributed by atoms with Crippen molar-refractivity contribution in [2.45, 2.75) is 19.4 Å². The van der Waals surface area contributed by atoms with Crippen molar-refractivity contribution >= 4 is 23.5 Å². The molecular weight excluding hydrogens is 280 g/mol. The molecule has 2 N–H and O–H groups in total. The van der Waals surface area contributed by atoms with Gasteiger partial charge in [0.1, 0.15) is 0 Å². The van der Waals surface area contributed by atoms with Crippen LogP contribution in [0.2, 0.25) is 5.02 Å². The maximum atomic E-state index is 11.6. The number of nitrogens with one attached hydrogen (secondary N) is 2. The SMILES string of the molecule is COC(=O)CCNC(=O)CNC(C)c1ccc(Cl)cc1. The summed E-state index contributed by atoms with van der Waals surface area (Å²) < 4.78 is 4.48. The Kier molecular flexibility index (Phi) is 7.04. The Balaban J connectivity index is 2.26. The summed E-state index contributed by atoms with van der Waals surface area (Å²) in [5, 5.41) is 6.42. The summed E-state index contributed by atoms with van der Waals surface area (Å²) in [5.74, 6) is -0.498. The largest absolute Gasteiger partial charge is 0.469 e. The third-order valence-corrected chi connectivity index (χ3v) is 3.07. The molecule has 0 aliphatic heterocycles. The van der Waals surface area contributed by atoms with Gasteiger partial charge in [0.05, 0.1) is 20.1 Å². The van der Waals surface area contributed by atoms with E-state index in [0.717, 1.165) is 5.56 Å². The second-order valence-electron chi connectivity index (χ2n) is 4.33. The van der Waals surface area contributed by atoms with Gasteiger partial charge in [0.2, 0.25) is 5.91 Å². The summed E-state index contributed by atoms with van der Waals surface area (Å²) >= 11 is 5.82. The minimum atomic E-state index is -0.340. The molecule has 6 heteroatoms. The van der Waals surface area contributed by atoms with Crippen LogP contribution in [-0.4, -0.2) is 32.1 Å². The van der Waals surface area contributed by atoms with Crippen molar-refractivity contribution in [3.63, 3.8) is 0 Å². The highest BCUT2D eigenvalue weighted by Crippen LogP contribution is 2.15. The molecule has 1 aromatic carbocycles. The van der Waals surface area contributed by atoms with Crippen LogP contribution >= 0.6 is 11.6 Å². The lowest BCUT2D eigenvalue weighted by Gasteiger charge is -2.14. The lowest BCUT2D eigenvalue weighted by molar-refractivity contribution is -0.140. The third kappa shape index (κ3) is 6.04. The molecule has 1 aromatic rings. The molecule has 0 saturated carbocycles. The first-order chi connectivity index (χ1) is 9.52. The number of amides is 1. The monoisotopic (exact) mass is 298 g/mol. The summed E-state index contributed by atoms with van der Waals surface area (Å²) in [4.78, 5) is 22.4. The van der Waals surface area contributed by atoms with Crippen molar-refractivity contribution in [1.29, 1.82) is 0 Å². The molecular formula is C14H19ClN2O3. The molecule has 0 heterocycles. The predicted octanol–water partition coefficient (Wildman–Crippen LogP) is 1.67. The summed E-state index contributed by atoms with van der Waals surface area (Å²) in [6, 6.07) is 7.49. The van der Waals surface area contributed by atoms with E-state index in [1.807, 2.05) is 31.2 Å². The molecule has 5 nitrogen and oxygen atoms in total. The van der Waals surface area contributed by atoms with E-state index in [0.29, 0.717) is 5.02 Å². The molecule has 0 spiro atoms. The van der Waals surface area contributed by atoms with Crippen molar-refractivity contribution in [3.05, 3.63) is 34.9 Å². The van der Waals surface area contributed by atoms with Crippen molar-refractivity contribution < 1.29 is 14.3 Å². The van der Waals surface area contributed by atoms with Crippen LogP contribution in [0.4, 0.5) is 0 Å². The Labute approximate surface area is 123 Å². The summed E-state index contributed by atoms with van der Waals surface area (Å²) in [5.41, 5.74) is 1.05. The lowest BCUT2D eigenvalue weighted by Crippen LogP contribution is -2.36. The molecule has 110 valence electrons. The second kappa shape index (κ2) is 8.55. The standard InChI is InChI=1S/C14H19ClN2O3/c1-10(11-3-5-12(15)6-4-11)17-9-13(18)16-8-7-14(19)20-2/h3-6,10,17H,7-9H2,1-2H3,(H,16,18). The van der Waals surface area contributed by atoms with Gasteiger partial charge in [-0.05, 0) is 24.6 Å². The normalized spacial score (nSPS) is 11.8. The number of hydrogen-bond donors (Lipinski definition) is 2. The Hall–Kier alpha value is -1.59. The number of halogens is 1. The average Bonchev–Trinajstić information content (AvgIpc) is 2.45. The highest BCUT2D eigenvalue weighted by atomic mass is 35.5. The topological polar surface area (TPSA) is 67.4 Å². The van der Waals surface area contributed by atoms with Crippen molar-refractivity contribution in [3.8, 4) is 0 Å². The summed E-state index contributed by atoms with van der Waals surface area (Å²) in [6.45, 7) is 2.43. The van der Waals surface area contributed by atoms with Crippen LogP contribution in [0.15, 0.2) is 24.3 Å². The van der Waals surface area contributed by atoms with E-state index in [2.05, 4.69) is 15.4 Å². The molecule has 1 atom stereocenters. The van der Waals surface area contributed by atoms with E-state index in [-0.39, 0.29) is 37.4 Å². The van der Waals surface area contributed by atoms with Gasteiger partial charge < -0.3 is 15.4 Å². The van der Waals surface area contributed by atoms with Crippen LogP contribution < -0.4 is 10.6 Å². The van der Waals surface area contributed by atoms with Crippen molar-refractivity contribution in [2.24, 2.45) is 0 Å². The highest BCUT2D eigenvalue weighted by molar-refractivity contribution is 6.30. The van der Waals surface area contributed by atoms with Gasteiger partial charge >= 0.3 is 5.97 Å². The molecule has 1 rings (SSSR count). The van der Waals surface area contributed by atoms with E-state index >= 15 is 0 Å². The zero-order valence-electron chi connectivity index (χ0n) is 11.6. The molecule has 0 saturated heterocycles. The number of benzene rings is 1. The lowest BCUT2D eigenvalue weighted by atomic mass is 10.1. The Bertz CT molecular complexity index is 448. The molecule has 0 aliphatic carbocycles. The number of carbonyl (C=O) groups excluding carboxylic acids is 2. The molecule has 0 radical (unpaired) electrons. The Morgan fingerprint density at radius 1 is 1.30 bits per heavy atom. The fourth-order valence-electron chi connectivity index (χ4n) is 1.58. The predicted molar refractivity (Wildman–Crippen MR) is 77.5 cm³/mol. The van der Waals surface area contributed by atoms with Gasteiger partial charge in [-0.2, -0.15) is 0 Å². The molecule has 0 aliphatic rings. The maximum absolute atomic E-state index is 11.6. The minimum Gasteiger partial charge on any atom is -0.469 e. The van der Waals surface area contributed by atoms with Crippen molar-refractivity contribution in [1.82, 2.24) is 10.6 Å². The molecule has 1 amide bonds. The van der Waals surface area contributed by atoms with Gasteiger partial charge in [0.15, 0.2) is 0 Å². The first-order valence-electron chi connectivity index (χ1n) is 6.35. The van der Waals surface area contributed by atoms with Gasteiger partial charge in [-0.1, -0.05) is 23.7 Å². The number of carbonyl (C=O) groups is 2. The van der Waals surface area contributed by atoms with Gasteiger partial charge in [-0.3, -0.25) is 9.59 Å². The smallest absolute Gasteiger partial charge is 0.307 e. The molecule has 0 fully saturated rings. The van der Waals surface area contributed by atoms with Crippen LogP contribution in [0, 0.1) is 0 Å². The Morgan fingerprint density at radius 2 is 1.95 bits per heavy atom. The van der Waals surface area contributed by atoms with Crippen LogP contribution in [0.5, 0.6) is 0 Å². The molecule has 0 bridgehead atoms. The van der Waals surface area contributed by atoms with E-state index in [9.17, 15) is 9.59 Å². The van der Waals surface area contributed by atoms with Crippen LogP contribution in [-0.2, 0) is 14.3 Å². The van der Waals surface area contributed by atoms with E-state index in [1.165, 1.54) is 7.11 Å². The first kappa shape index (κ1) is 16.5. The second-order valence-corrected chi connectivity index (χ2v) is 4.77. The van der Waals surface area contributed by atoms with Gasteiger partial charge in [-0.25, -0.2) is 0 Å². The van der Waals surface area contributed by atoms with Crippen molar-refractivity contribution in [2.75, 3.05) is 20.2 Å². The van der Waals surface area contributed by atoms with E-state index in [1.54, 1.807) is 0 Å². The third-order valence-electron chi connectivity index (χ3n) is 2.82. The number of esters is 1. The van der Waals surface area contributed by atoms with Gasteiger partial charge in [-0.15, -0.1) is 0 Å². The average molecular weight is 299 g/mol. The number of methoxy groups -OCH3 is 1. The van der Waals surface area contributed by atoms with Crippen LogP contribution in [0.25, 0.3) is 0 Å². The number of ether oxygens (including phenoxy) is 1. The number of hydrogen-bond acceptors (Lipinski definition) is 4. The quantitative estimate of drug-likeness (QED) is 0.752. The zero-order chi connectivity index (χ0) is 15.0. The van der Waals surface area contributed by atoms with Crippen LogP contribution in [0.1, 0.15) is 24.9 Å². The maximum Gasteiger partial charge on any atom is 0.307 e. The van der Waals surface area contributed by atoms with Gasteiger partial charge in [0.25, 0.3) is 0 Å². The summed E-state index contributed by atoms with van der Waals surface area (Å²) in [6.07, 6.45) is 0.176. The van der Waals surface area contributed by atoms with E-state index < -0.39 is 0 Å². The fourth-order valence-corrected chi connectivity index (χ4v) is 1.71. The minimum absolute atomic E-state index is 0.0404. The van der Waals surface area contributed by atoms with Crippen LogP contribution in [0.3, 0.4) is 0 Å².